The molecular weight excluding hydrogens is 416 g/mol. The summed E-state index contributed by atoms with van der Waals surface area (Å²) >= 11 is 0. The summed E-state index contributed by atoms with van der Waals surface area (Å²) in [5, 5.41) is 11.5. The summed E-state index contributed by atoms with van der Waals surface area (Å²) in [6, 6.07) is 18.4. The van der Waals surface area contributed by atoms with Crippen molar-refractivity contribution in [3.05, 3.63) is 102 Å². The second kappa shape index (κ2) is 7.78. The maximum absolute atomic E-state index is 12.8. The van der Waals surface area contributed by atoms with E-state index in [0.29, 0.717) is 22.5 Å². The van der Waals surface area contributed by atoms with E-state index in [-0.39, 0.29) is 0 Å². The molecule has 0 aliphatic heterocycles. The molecule has 2 unspecified atom stereocenters. The van der Waals surface area contributed by atoms with Gasteiger partial charge in [-0.2, -0.15) is 0 Å². The second-order valence-electron chi connectivity index (χ2n) is 8.46. The van der Waals surface area contributed by atoms with Crippen molar-refractivity contribution in [1.82, 2.24) is 0 Å². The molecule has 1 aliphatic carbocycles. The summed E-state index contributed by atoms with van der Waals surface area (Å²) < 4.78 is 12.0. The number of aliphatic carboxylic acids is 1. The van der Waals surface area contributed by atoms with Crippen molar-refractivity contribution in [2.24, 2.45) is 5.92 Å². The molecule has 0 saturated carbocycles. The number of rotatable bonds is 4. The van der Waals surface area contributed by atoms with Gasteiger partial charge in [-0.3, -0.25) is 4.79 Å². The first kappa shape index (κ1) is 20.8. The van der Waals surface area contributed by atoms with Gasteiger partial charge >= 0.3 is 11.9 Å². The van der Waals surface area contributed by atoms with Gasteiger partial charge in [0.2, 0.25) is 0 Å². The third-order valence-electron chi connectivity index (χ3n) is 6.41. The molecule has 0 radical (unpaired) electrons. The van der Waals surface area contributed by atoms with Crippen LogP contribution in [0.2, 0.25) is 0 Å². The molecule has 0 fully saturated rings. The number of benzene rings is 3. The zero-order chi connectivity index (χ0) is 23.2. The lowest BCUT2D eigenvalue weighted by Gasteiger charge is -2.33. The summed E-state index contributed by atoms with van der Waals surface area (Å²) in [7, 11) is 0. The van der Waals surface area contributed by atoms with Crippen molar-refractivity contribution in [1.29, 1.82) is 0 Å². The highest BCUT2D eigenvalue weighted by atomic mass is 16.5. The standard InChI is InChI=1S/C28H22O5/c1-17-9-3-4-10-18(17)27(31)32-23-15-8-12-20-19-11-7-14-21(24(19)33-25(20)23)28(2)16-6-5-13-22(28)26(29)30/h3-16,22H,1-2H3,(H,29,30). The Labute approximate surface area is 190 Å². The minimum atomic E-state index is -0.904. The van der Waals surface area contributed by atoms with Crippen LogP contribution in [0.15, 0.2) is 89.4 Å². The maximum atomic E-state index is 12.8. The van der Waals surface area contributed by atoms with Crippen molar-refractivity contribution >= 4 is 33.9 Å². The molecule has 1 aromatic heterocycles. The van der Waals surface area contributed by atoms with Crippen molar-refractivity contribution in [2.45, 2.75) is 19.3 Å². The van der Waals surface area contributed by atoms with Crippen LogP contribution in [-0.2, 0) is 10.2 Å². The lowest BCUT2D eigenvalue weighted by molar-refractivity contribution is -0.141. The molecule has 4 aromatic rings. The van der Waals surface area contributed by atoms with Gasteiger partial charge in [0.15, 0.2) is 11.3 Å². The predicted molar refractivity (Wildman–Crippen MR) is 127 cm³/mol. The average molecular weight is 438 g/mol. The van der Waals surface area contributed by atoms with E-state index in [4.69, 9.17) is 9.15 Å². The molecule has 5 rings (SSSR count). The van der Waals surface area contributed by atoms with Gasteiger partial charge in [0.05, 0.1) is 11.5 Å². The van der Waals surface area contributed by atoms with Gasteiger partial charge in [-0.25, -0.2) is 4.79 Å². The molecule has 1 N–H and O–H groups in total. The van der Waals surface area contributed by atoms with Gasteiger partial charge < -0.3 is 14.3 Å². The Morgan fingerprint density at radius 3 is 2.42 bits per heavy atom. The monoisotopic (exact) mass is 438 g/mol. The van der Waals surface area contributed by atoms with Crippen molar-refractivity contribution < 1.29 is 23.8 Å². The van der Waals surface area contributed by atoms with Gasteiger partial charge in [-0.1, -0.05) is 79.8 Å². The molecule has 1 heterocycles. The number of para-hydroxylation sites is 2. The van der Waals surface area contributed by atoms with E-state index >= 15 is 0 Å². The van der Waals surface area contributed by atoms with Crippen LogP contribution in [0.1, 0.15) is 28.4 Å². The number of carboxylic acid groups (broad SMARTS) is 1. The van der Waals surface area contributed by atoms with Crippen LogP contribution in [0.25, 0.3) is 21.9 Å². The summed E-state index contributed by atoms with van der Waals surface area (Å²) in [5.74, 6) is -1.78. The summed E-state index contributed by atoms with van der Waals surface area (Å²) in [4.78, 5) is 24.8. The molecule has 0 bridgehead atoms. The number of carbonyl (C=O) groups is 2. The number of carbonyl (C=O) groups excluding carboxylic acids is 1. The van der Waals surface area contributed by atoms with E-state index in [1.807, 2.05) is 68.5 Å². The van der Waals surface area contributed by atoms with Crippen LogP contribution in [0, 0.1) is 12.8 Å². The number of allylic oxidation sites excluding steroid dienone is 3. The number of hydrogen-bond acceptors (Lipinski definition) is 4. The van der Waals surface area contributed by atoms with Crippen molar-refractivity contribution in [3.63, 3.8) is 0 Å². The highest BCUT2D eigenvalue weighted by Gasteiger charge is 2.40. The summed E-state index contributed by atoms with van der Waals surface area (Å²) in [5.41, 5.74) is 2.31. The lowest BCUT2D eigenvalue weighted by Crippen LogP contribution is -2.35. The smallest absolute Gasteiger partial charge is 0.343 e. The Hall–Kier alpha value is -4.12. The first-order chi connectivity index (χ1) is 15.9. The zero-order valence-electron chi connectivity index (χ0n) is 18.2. The molecule has 0 amide bonds. The number of hydrogen-bond donors (Lipinski definition) is 1. The fourth-order valence-electron chi connectivity index (χ4n) is 4.59. The van der Waals surface area contributed by atoms with Crippen molar-refractivity contribution in [2.75, 3.05) is 0 Å². The van der Waals surface area contributed by atoms with Gasteiger partial charge in [-0.05, 0) is 24.6 Å². The average Bonchev–Trinajstić information content (AvgIpc) is 3.19. The molecule has 5 heteroatoms. The van der Waals surface area contributed by atoms with E-state index in [1.165, 1.54) is 0 Å². The van der Waals surface area contributed by atoms with Crippen LogP contribution >= 0.6 is 0 Å². The highest BCUT2D eigenvalue weighted by molar-refractivity contribution is 6.09. The highest BCUT2D eigenvalue weighted by Crippen LogP contribution is 2.44. The number of carboxylic acids is 1. The Morgan fingerprint density at radius 1 is 0.939 bits per heavy atom. The van der Waals surface area contributed by atoms with Crippen molar-refractivity contribution in [3.8, 4) is 5.75 Å². The number of furan rings is 1. The number of aryl methyl sites for hydroxylation is 1. The Bertz CT molecular complexity index is 1470. The largest absolute Gasteiger partial charge is 0.481 e. The molecule has 1 aliphatic rings. The third kappa shape index (κ3) is 3.33. The Morgan fingerprint density at radius 2 is 1.67 bits per heavy atom. The fraction of sp³-hybridized carbons (Fsp3) is 0.143. The molecule has 33 heavy (non-hydrogen) atoms. The third-order valence-corrected chi connectivity index (χ3v) is 6.41. The van der Waals surface area contributed by atoms with Crippen LogP contribution in [0.3, 0.4) is 0 Å². The van der Waals surface area contributed by atoms with Crippen LogP contribution in [0.5, 0.6) is 5.75 Å². The Kier molecular flexibility index (Phi) is 4.90. The minimum absolute atomic E-state index is 0.321. The normalized spacial score (nSPS) is 19.8. The molecule has 5 nitrogen and oxygen atoms in total. The quantitative estimate of drug-likeness (QED) is 0.303. The van der Waals surface area contributed by atoms with Gasteiger partial charge in [0, 0.05) is 21.8 Å². The lowest BCUT2D eigenvalue weighted by atomic mass is 9.69. The Balaban J connectivity index is 1.66. The first-order valence-corrected chi connectivity index (χ1v) is 10.7. The van der Waals surface area contributed by atoms with E-state index in [2.05, 4.69) is 0 Å². The minimum Gasteiger partial charge on any atom is -0.481 e. The second-order valence-corrected chi connectivity index (χ2v) is 8.46. The maximum Gasteiger partial charge on any atom is 0.343 e. The molecule has 0 spiro atoms. The fourth-order valence-corrected chi connectivity index (χ4v) is 4.59. The van der Waals surface area contributed by atoms with Crippen LogP contribution in [-0.4, -0.2) is 17.0 Å². The SMILES string of the molecule is Cc1ccccc1C(=O)Oc1cccc2c1oc1c(C3(C)C=CC=CC3C(=O)O)cccc12. The number of ether oxygens (including phenoxy) is 1. The molecule has 2 atom stereocenters. The van der Waals surface area contributed by atoms with Crippen LogP contribution in [0.4, 0.5) is 0 Å². The topological polar surface area (TPSA) is 76.7 Å². The predicted octanol–water partition coefficient (Wildman–Crippen LogP) is 6.20. The molecular formula is C28H22O5. The number of fused-ring (bicyclic) bond motifs is 3. The molecule has 0 saturated heterocycles. The molecule has 3 aromatic carbocycles. The van der Waals surface area contributed by atoms with E-state index in [9.17, 15) is 14.7 Å². The number of esters is 1. The van der Waals surface area contributed by atoms with Gasteiger partial charge in [-0.15, -0.1) is 0 Å². The zero-order valence-corrected chi connectivity index (χ0v) is 18.2. The van der Waals surface area contributed by atoms with E-state index in [0.717, 1.165) is 21.9 Å². The van der Waals surface area contributed by atoms with Gasteiger partial charge in [0.1, 0.15) is 5.58 Å². The summed E-state index contributed by atoms with van der Waals surface area (Å²) in [6.45, 7) is 3.75. The first-order valence-electron chi connectivity index (χ1n) is 10.7. The van der Waals surface area contributed by atoms with Crippen LogP contribution < -0.4 is 4.74 Å². The summed E-state index contributed by atoms with van der Waals surface area (Å²) in [6.07, 6.45) is 7.20. The van der Waals surface area contributed by atoms with E-state index < -0.39 is 23.3 Å². The van der Waals surface area contributed by atoms with Gasteiger partial charge in [0.25, 0.3) is 0 Å². The van der Waals surface area contributed by atoms with E-state index in [1.54, 1.807) is 30.4 Å². The molecule has 164 valence electrons.